The molecule has 2 aromatic rings. The smallest absolute Gasteiger partial charge is 0.366 e. The number of aromatic nitrogens is 1. The molecule has 1 amide bonds. The van der Waals surface area contributed by atoms with Crippen LogP contribution in [-0.4, -0.2) is 36.3 Å². The fraction of sp³-hybridized carbons (Fsp3) is 0.250. The van der Waals surface area contributed by atoms with Gasteiger partial charge in [0, 0.05) is 18.9 Å². The first-order chi connectivity index (χ1) is 12.5. The van der Waals surface area contributed by atoms with E-state index >= 15 is 0 Å². The highest BCUT2D eigenvalue weighted by atomic mass is 32.2. The number of nitrogens with zero attached hydrogens (tertiary/aromatic N) is 2. The van der Waals surface area contributed by atoms with E-state index in [1.165, 1.54) is 6.92 Å². The maximum atomic E-state index is 13.7. The maximum Gasteiger partial charge on any atom is 0.409 e. The van der Waals surface area contributed by atoms with E-state index in [1.54, 1.807) is 0 Å². The second-order valence-corrected chi connectivity index (χ2v) is 7.37. The Morgan fingerprint density at radius 2 is 1.81 bits per heavy atom. The molecule has 0 saturated carbocycles. The number of halogens is 4. The number of benzene rings is 1. The third-order valence-corrected chi connectivity index (χ3v) is 5.61. The summed E-state index contributed by atoms with van der Waals surface area (Å²) in [5, 5.41) is 0. The van der Waals surface area contributed by atoms with E-state index in [0.717, 1.165) is 42.7 Å². The number of hydrogen-bond acceptors (Lipinski definition) is 4. The Balaban J connectivity index is 2.60. The summed E-state index contributed by atoms with van der Waals surface area (Å²) in [6.45, 7) is 0.690. The molecule has 6 nitrogen and oxygen atoms in total. The van der Waals surface area contributed by atoms with Crippen molar-refractivity contribution in [2.24, 2.45) is 5.73 Å². The molecule has 27 heavy (non-hydrogen) atoms. The Kier molecular flexibility index (Phi) is 5.85. The average Bonchev–Trinajstić information content (AvgIpc) is 2.59. The largest absolute Gasteiger partial charge is 0.409 e. The number of rotatable bonds is 6. The van der Waals surface area contributed by atoms with Crippen LogP contribution in [0.4, 0.5) is 17.6 Å². The molecule has 0 radical (unpaired) electrons. The summed E-state index contributed by atoms with van der Waals surface area (Å²) >= 11 is 0. The minimum Gasteiger partial charge on any atom is -0.366 e. The minimum absolute atomic E-state index is 0.210. The molecule has 1 atom stereocenters. The quantitative estimate of drug-likeness (QED) is 0.748. The number of amides is 1. The Hall–Kier alpha value is -2.53. The number of alkyl halides is 3. The molecule has 0 fully saturated rings. The van der Waals surface area contributed by atoms with Gasteiger partial charge in [-0.05, 0) is 23.8 Å². The molecule has 0 unspecified atom stereocenters. The normalized spacial score (nSPS) is 13.6. The number of carbonyl (C=O) groups is 1. The lowest BCUT2D eigenvalue weighted by atomic mass is 10.1. The van der Waals surface area contributed by atoms with Gasteiger partial charge in [0.2, 0.25) is 15.9 Å². The first-order valence-corrected chi connectivity index (χ1v) is 9.01. The summed E-state index contributed by atoms with van der Waals surface area (Å²) in [5.74, 6) is -1.74. The molecule has 0 saturated heterocycles. The predicted octanol–water partition coefficient (Wildman–Crippen LogP) is 2.63. The topological polar surface area (TPSA) is 93.4 Å². The van der Waals surface area contributed by atoms with Crippen molar-refractivity contribution in [1.82, 2.24) is 9.29 Å². The minimum atomic E-state index is -4.98. The van der Waals surface area contributed by atoms with Crippen LogP contribution in [0.3, 0.4) is 0 Å². The highest BCUT2D eigenvalue weighted by Crippen LogP contribution is 2.40. The molecule has 1 aromatic heterocycles. The fourth-order valence-electron chi connectivity index (χ4n) is 2.48. The number of carbonyl (C=O) groups excluding carboxylic acids is 1. The highest BCUT2D eigenvalue weighted by Gasteiger charge is 2.48. The van der Waals surface area contributed by atoms with Gasteiger partial charge in [-0.1, -0.05) is 19.1 Å². The highest BCUT2D eigenvalue weighted by molar-refractivity contribution is 7.89. The van der Waals surface area contributed by atoms with Gasteiger partial charge in [0.1, 0.15) is 16.8 Å². The Bertz CT molecular complexity index is 931. The zero-order chi connectivity index (χ0) is 20.4. The lowest BCUT2D eigenvalue weighted by molar-refractivity contribution is -0.173. The van der Waals surface area contributed by atoms with E-state index < -0.39 is 51.0 Å². The maximum absolute atomic E-state index is 13.7. The molecular formula is C16H15F4N3O3S. The van der Waals surface area contributed by atoms with Crippen LogP contribution in [0.25, 0.3) is 0 Å². The molecule has 0 aliphatic heterocycles. The van der Waals surface area contributed by atoms with Crippen molar-refractivity contribution in [2.45, 2.75) is 24.0 Å². The zero-order valence-corrected chi connectivity index (χ0v) is 14.8. The fourth-order valence-corrected chi connectivity index (χ4v) is 4.08. The van der Waals surface area contributed by atoms with E-state index in [2.05, 4.69) is 4.98 Å². The zero-order valence-electron chi connectivity index (χ0n) is 13.9. The van der Waals surface area contributed by atoms with E-state index in [0.29, 0.717) is 0 Å². The van der Waals surface area contributed by atoms with Crippen LogP contribution < -0.4 is 5.73 Å². The van der Waals surface area contributed by atoms with Crippen molar-refractivity contribution in [3.05, 3.63) is 59.7 Å². The van der Waals surface area contributed by atoms with Gasteiger partial charge in [0.25, 0.3) is 0 Å². The predicted molar refractivity (Wildman–Crippen MR) is 87.5 cm³/mol. The van der Waals surface area contributed by atoms with Gasteiger partial charge in [-0.15, -0.1) is 0 Å². The number of sulfonamides is 1. The molecule has 1 heterocycles. The molecule has 0 aliphatic rings. The molecular weight excluding hydrogens is 390 g/mol. The van der Waals surface area contributed by atoms with E-state index in [1.807, 2.05) is 0 Å². The van der Waals surface area contributed by atoms with Crippen LogP contribution in [0.1, 0.15) is 28.9 Å². The summed E-state index contributed by atoms with van der Waals surface area (Å²) in [7, 11) is -4.70. The SMILES string of the molecule is CCN([C@@H](c1ccc(F)cc1)C(F)(F)F)S(=O)(=O)c1cncc(C(N)=O)c1. The van der Waals surface area contributed by atoms with Gasteiger partial charge in [0.05, 0.1) is 5.56 Å². The van der Waals surface area contributed by atoms with Gasteiger partial charge in [-0.2, -0.15) is 17.5 Å². The summed E-state index contributed by atoms with van der Waals surface area (Å²) in [5.41, 5.74) is 4.35. The third-order valence-electron chi connectivity index (χ3n) is 3.70. The molecule has 0 spiro atoms. The van der Waals surface area contributed by atoms with Crippen LogP contribution in [0, 0.1) is 5.82 Å². The van der Waals surface area contributed by atoms with Crippen molar-refractivity contribution in [3.63, 3.8) is 0 Å². The second kappa shape index (κ2) is 7.61. The standard InChI is InChI=1S/C16H15F4N3O3S/c1-2-23(14(16(18,19)20)10-3-5-12(17)6-4-10)27(25,26)13-7-11(15(21)24)8-22-9-13/h3-9,14H,2H2,1H3,(H2,21,24)/t14-/m0/s1. The number of nitrogens with two attached hydrogens (primary N) is 1. The van der Waals surface area contributed by atoms with Crippen molar-refractivity contribution in [3.8, 4) is 0 Å². The van der Waals surface area contributed by atoms with E-state index in [9.17, 15) is 30.8 Å². The van der Waals surface area contributed by atoms with Gasteiger partial charge >= 0.3 is 6.18 Å². The van der Waals surface area contributed by atoms with Crippen LogP contribution in [0.15, 0.2) is 47.6 Å². The Morgan fingerprint density at radius 3 is 2.30 bits per heavy atom. The third kappa shape index (κ3) is 4.42. The van der Waals surface area contributed by atoms with Crippen LogP contribution >= 0.6 is 0 Å². The molecule has 0 aliphatic carbocycles. The number of hydrogen-bond donors (Lipinski definition) is 1. The lowest BCUT2D eigenvalue weighted by Crippen LogP contribution is -2.42. The molecule has 146 valence electrons. The monoisotopic (exact) mass is 405 g/mol. The Labute approximate surface area is 152 Å². The first-order valence-electron chi connectivity index (χ1n) is 7.57. The summed E-state index contributed by atoms with van der Waals surface area (Å²) in [4.78, 5) is 14.2. The molecule has 11 heteroatoms. The summed E-state index contributed by atoms with van der Waals surface area (Å²) < 4.78 is 80.1. The summed E-state index contributed by atoms with van der Waals surface area (Å²) in [6.07, 6.45) is -3.16. The van der Waals surface area contributed by atoms with E-state index in [4.69, 9.17) is 5.73 Å². The van der Waals surface area contributed by atoms with Gasteiger partial charge in [0.15, 0.2) is 0 Å². The molecule has 2 rings (SSSR count). The van der Waals surface area contributed by atoms with Crippen LogP contribution in [-0.2, 0) is 10.0 Å². The number of pyridine rings is 1. The molecule has 0 bridgehead atoms. The van der Waals surface area contributed by atoms with Gasteiger partial charge in [-0.25, -0.2) is 12.8 Å². The van der Waals surface area contributed by atoms with Crippen molar-refractivity contribution in [2.75, 3.05) is 6.54 Å². The van der Waals surface area contributed by atoms with Gasteiger partial charge < -0.3 is 5.73 Å². The van der Waals surface area contributed by atoms with E-state index in [-0.39, 0.29) is 9.87 Å². The summed E-state index contributed by atoms with van der Waals surface area (Å²) in [6, 6.07) is 1.65. The van der Waals surface area contributed by atoms with Crippen molar-refractivity contribution in [1.29, 1.82) is 0 Å². The van der Waals surface area contributed by atoms with Crippen LogP contribution in [0.5, 0.6) is 0 Å². The van der Waals surface area contributed by atoms with Gasteiger partial charge in [-0.3, -0.25) is 9.78 Å². The van der Waals surface area contributed by atoms with Crippen LogP contribution in [0.2, 0.25) is 0 Å². The van der Waals surface area contributed by atoms with Crippen molar-refractivity contribution < 1.29 is 30.8 Å². The second-order valence-electron chi connectivity index (χ2n) is 5.48. The number of primary amides is 1. The molecule has 1 aromatic carbocycles. The molecule has 2 N–H and O–H groups in total. The lowest BCUT2D eigenvalue weighted by Gasteiger charge is -2.31. The average molecular weight is 405 g/mol. The Morgan fingerprint density at radius 1 is 1.22 bits per heavy atom. The van der Waals surface area contributed by atoms with Crippen molar-refractivity contribution >= 4 is 15.9 Å². The first kappa shape index (κ1) is 20.8.